The van der Waals surface area contributed by atoms with E-state index in [1.165, 1.54) is 16.3 Å². The first-order valence-electron chi connectivity index (χ1n) is 9.91. The Labute approximate surface area is 189 Å². The molecule has 2 amide bonds. The third-order valence-corrected chi connectivity index (χ3v) is 6.28. The van der Waals surface area contributed by atoms with E-state index >= 15 is 0 Å². The Hall–Kier alpha value is -2.58. The van der Waals surface area contributed by atoms with Gasteiger partial charge < -0.3 is 10.2 Å². The predicted octanol–water partition coefficient (Wildman–Crippen LogP) is 3.05. The number of para-hydroxylation sites is 1. The van der Waals surface area contributed by atoms with Gasteiger partial charge in [-0.25, -0.2) is 8.42 Å². The summed E-state index contributed by atoms with van der Waals surface area (Å²) in [6, 6.07) is 15.2. The van der Waals surface area contributed by atoms with Crippen LogP contribution >= 0.6 is 11.6 Å². The Morgan fingerprint density at radius 1 is 1.10 bits per heavy atom. The lowest BCUT2D eigenvalue weighted by atomic mass is 10.1. The molecule has 0 spiro atoms. The van der Waals surface area contributed by atoms with Crippen molar-refractivity contribution in [3.63, 3.8) is 0 Å². The maximum absolute atomic E-state index is 13.0. The van der Waals surface area contributed by atoms with E-state index in [0.717, 1.165) is 11.8 Å². The van der Waals surface area contributed by atoms with Crippen LogP contribution in [0.2, 0.25) is 5.02 Å². The summed E-state index contributed by atoms with van der Waals surface area (Å²) >= 11 is 6.05. The lowest BCUT2D eigenvalue weighted by Gasteiger charge is -2.29. The fourth-order valence-electron chi connectivity index (χ4n) is 3.22. The van der Waals surface area contributed by atoms with Gasteiger partial charge in [-0.2, -0.15) is 0 Å². The smallest absolute Gasteiger partial charge is 0.242 e. The molecular formula is C22H28ClN3O4S. The van der Waals surface area contributed by atoms with Gasteiger partial charge in [0, 0.05) is 31.6 Å². The average Bonchev–Trinajstić information content (AvgIpc) is 2.73. The SMILES string of the molecule is CNC(=O)[C@H](C)N(Cc1cccc(Cl)c1)C(=O)CCCN(c1ccccc1)S(C)(=O)=O. The van der Waals surface area contributed by atoms with Gasteiger partial charge in [0.15, 0.2) is 0 Å². The first-order chi connectivity index (χ1) is 14.6. The number of halogens is 1. The van der Waals surface area contributed by atoms with Crippen molar-refractivity contribution in [2.75, 3.05) is 24.2 Å². The van der Waals surface area contributed by atoms with Crippen LogP contribution in [0.1, 0.15) is 25.3 Å². The molecule has 168 valence electrons. The standard InChI is InChI=1S/C22H28ClN3O4S/c1-17(22(28)24-2)25(16-18-9-7-10-19(23)15-18)21(27)13-8-14-26(31(3,29)30)20-11-5-4-6-12-20/h4-7,9-12,15,17H,8,13-14,16H2,1-3H3,(H,24,28)/t17-/m0/s1. The lowest BCUT2D eigenvalue weighted by Crippen LogP contribution is -2.46. The number of carbonyl (C=O) groups is 2. The van der Waals surface area contributed by atoms with E-state index in [9.17, 15) is 18.0 Å². The Morgan fingerprint density at radius 3 is 2.35 bits per heavy atom. The summed E-state index contributed by atoms with van der Waals surface area (Å²) in [5.41, 5.74) is 1.35. The molecule has 9 heteroatoms. The molecule has 0 bridgehead atoms. The van der Waals surface area contributed by atoms with Crippen LogP contribution in [0, 0.1) is 0 Å². The van der Waals surface area contributed by atoms with E-state index in [4.69, 9.17) is 11.6 Å². The van der Waals surface area contributed by atoms with Crippen LogP contribution in [-0.4, -0.2) is 51.0 Å². The second-order valence-electron chi connectivity index (χ2n) is 7.22. The first kappa shape index (κ1) is 24.7. The van der Waals surface area contributed by atoms with Crippen LogP contribution in [0.4, 0.5) is 5.69 Å². The molecule has 0 saturated heterocycles. The minimum absolute atomic E-state index is 0.0980. The fourth-order valence-corrected chi connectivity index (χ4v) is 4.40. The number of sulfonamides is 1. The molecule has 1 atom stereocenters. The fraction of sp³-hybridized carbons (Fsp3) is 0.364. The average molecular weight is 466 g/mol. The predicted molar refractivity (Wildman–Crippen MR) is 123 cm³/mol. The number of carbonyl (C=O) groups excluding carboxylic acids is 2. The summed E-state index contributed by atoms with van der Waals surface area (Å²) in [4.78, 5) is 26.7. The van der Waals surface area contributed by atoms with Gasteiger partial charge in [-0.05, 0) is 43.2 Å². The molecule has 0 fully saturated rings. The highest BCUT2D eigenvalue weighted by atomic mass is 35.5. The summed E-state index contributed by atoms with van der Waals surface area (Å²) in [7, 11) is -1.97. The highest BCUT2D eigenvalue weighted by Gasteiger charge is 2.26. The third kappa shape index (κ3) is 7.25. The van der Waals surface area contributed by atoms with Crippen molar-refractivity contribution in [1.29, 1.82) is 0 Å². The van der Waals surface area contributed by atoms with Gasteiger partial charge in [-0.15, -0.1) is 0 Å². The second-order valence-corrected chi connectivity index (χ2v) is 9.56. The van der Waals surface area contributed by atoms with Gasteiger partial charge in [0.25, 0.3) is 0 Å². The third-order valence-electron chi connectivity index (χ3n) is 4.85. The Bertz CT molecular complexity index is 999. The Kier molecular flexibility index (Phi) is 8.88. The Balaban J connectivity index is 2.12. The van der Waals surface area contributed by atoms with E-state index < -0.39 is 16.1 Å². The zero-order chi connectivity index (χ0) is 23.0. The van der Waals surface area contributed by atoms with E-state index in [1.807, 2.05) is 6.07 Å². The Morgan fingerprint density at radius 2 is 1.77 bits per heavy atom. The molecule has 0 radical (unpaired) electrons. The topological polar surface area (TPSA) is 86.8 Å². The second kappa shape index (κ2) is 11.2. The molecule has 0 aliphatic heterocycles. The first-order valence-corrected chi connectivity index (χ1v) is 12.1. The van der Waals surface area contributed by atoms with Gasteiger partial charge in [-0.3, -0.25) is 13.9 Å². The molecule has 1 N–H and O–H groups in total. The van der Waals surface area contributed by atoms with Crippen molar-refractivity contribution >= 4 is 39.1 Å². The van der Waals surface area contributed by atoms with Gasteiger partial charge in [0.1, 0.15) is 6.04 Å². The molecule has 0 heterocycles. The summed E-state index contributed by atoms with van der Waals surface area (Å²) in [5, 5.41) is 3.11. The van der Waals surface area contributed by atoms with Crippen molar-refractivity contribution in [2.24, 2.45) is 0 Å². The maximum atomic E-state index is 13.0. The summed E-state index contributed by atoms with van der Waals surface area (Å²) in [6.45, 7) is 2.05. The molecule has 0 aliphatic carbocycles. The number of nitrogens with zero attached hydrogens (tertiary/aromatic N) is 2. The molecule has 0 aliphatic rings. The van der Waals surface area contributed by atoms with Crippen molar-refractivity contribution in [1.82, 2.24) is 10.2 Å². The minimum Gasteiger partial charge on any atom is -0.357 e. The van der Waals surface area contributed by atoms with Crippen LogP contribution in [0.5, 0.6) is 0 Å². The molecule has 7 nitrogen and oxygen atoms in total. The number of hydrogen-bond acceptors (Lipinski definition) is 4. The molecule has 0 saturated carbocycles. The van der Waals surface area contributed by atoms with Crippen LogP contribution in [0.3, 0.4) is 0 Å². The monoisotopic (exact) mass is 465 g/mol. The minimum atomic E-state index is -3.49. The van der Waals surface area contributed by atoms with E-state index in [-0.39, 0.29) is 31.3 Å². The van der Waals surface area contributed by atoms with Gasteiger partial charge in [0.2, 0.25) is 21.8 Å². The molecule has 31 heavy (non-hydrogen) atoms. The lowest BCUT2D eigenvalue weighted by molar-refractivity contribution is -0.140. The molecule has 2 rings (SSSR count). The zero-order valence-electron chi connectivity index (χ0n) is 17.9. The normalized spacial score (nSPS) is 12.1. The number of likely N-dealkylation sites (N-methyl/N-ethyl adjacent to an activating group) is 1. The van der Waals surface area contributed by atoms with E-state index in [0.29, 0.717) is 17.1 Å². The van der Waals surface area contributed by atoms with Gasteiger partial charge in [0.05, 0.1) is 11.9 Å². The maximum Gasteiger partial charge on any atom is 0.242 e. The summed E-state index contributed by atoms with van der Waals surface area (Å²) in [5.74, 6) is -0.519. The van der Waals surface area contributed by atoms with Gasteiger partial charge >= 0.3 is 0 Å². The summed E-state index contributed by atoms with van der Waals surface area (Å²) in [6.07, 6.45) is 1.55. The number of nitrogens with one attached hydrogen (secondary N) is 1. The number of amides is 2. The van der Waals surface area contributed by atoms with E-state index in [2.05, 4.69) is 5.32 Å². The quantitative estimate of drug-likeness (QED) is 0.584. The van der Waals surface area contributed by atoms with Crippen LogP contribution in [0.25, 0.3) is 0 Å². The highest BCUT2D eigenvalue weighted by molar-refractivity contribution is 7.92. The summed E-state index contributed by atoms with van der Waals surface area (Å²) < 4.78 is 25.7. The van der Waals surface area contributed by atoms with Crippen molar-refractivity contribution < 1.29 is 18.0 Å². The van der Waals surface area contributed by atoms with Crippen molar-refractivity contribution in [2.45, 2.75) is 32.4 Å². The molecule has 0 unspecified atom stereocenters. The largest absolute Gasteiger partial charge is 0.357 e. The van der Waals surface area contributed by atoms with Gasteiger partial charge in [-0.1, -0.05) is 41.9 Å². The van der Waals surface area contributed by atoms with Crippen LogP contribution < -0.4 is 9.62 Å². The van der Waals surface area contributed by atoms with Crippen molar-refractivity contribution in [3.8, 4) is 0 Å². The van der Waals surface area contributed by atoms with Crippen LogP contribution in [-0.2, 0) is 26.2 Å². The number of hydrogen-bond donors (Lipinski definition) is 1. The molecule has 2 aromatic carbocycles. The van der Waals surface area contributed by atoms with Crippen molar-refractivity contribution in [3.05, 3.63) is 65.2 Å². The number of rotatable bonds is 10. The zero-order valence-corrected chi connectivity index (χ0v) is 19.5. The van der Waals surface area contributed by atoms with Crippen LogP contribution in [0.15, 0.2) is 54.6 Å². The number of benzene rings is 2. The molecular weight excluding hydrogens is 438 g/mol. The molecule has 0 aromatic heterocycles. The highest BCUT2D eigenvalue weighted by Crippen LogP contribution is 2.19. The number of anilines is 1. The van der Waals surface area contributed by atoms with E-state index in [1.54, 1.807) is 55.5 Å². The molecule has 2 aromatic rings.